The summed E-state index contributed by atoms with van der Waals surface area (Å²) in [5.74, 6) is -0.221. The molecule has 0 aliphatic carbocycles. The molecule has 0 saturated carbocycles. The number of rotatable bonds is 10. The molecule has 0 N–H and O–H groups in total. The van der Waals surface area contributed by atoms with Gasteiger partial charge in [0, 0.05) is 10.5 Å². The number of carbonyl (C=O) groups excluding carboxylic acids is 1. The number of esters is 1. The van der Waals surface area contributed by atoms with Crippen molar-refractivity contribution in [2.75, 3.05) is 20.3 Å². The summed E-state index contributed by atoms with van der Waals surface area (Å²) in [6.07, 6.45) is 1.37. The number of hydrogen-bond acceptors (Lipinski definition) is 7. The molecule has 0 saturated heterocycles. The fourth-order valence-corrected chi connectivity index (χ4v) is 3.25. The zero-order valence-corrected chi connectivity index (χ0v) is 18.3. The first-order valence-corrected chi connectivity index (χ1v) is 10.3. The summed E-state index contributed by atoms with van der Waals surface area (Å²) in [4.78, 5) is 29.4. The summed E-state index contributed by atoms with van der Waals surface area (Å²) in [7, 11) is 1.56. The number of nitro groups is 1. The van der Waals surface area contributed by atoms with Crippen molar-refractivity contribution in [3.05, 3.63) is 100 Å². The Balaban J connectivity index is 1.97. The molecule has 0 spiro atoms. The third-order valence-corrected chi connectivity index (χ3v) is 4.94. The van der Waals surface area contributed by atoms with Crippen molar-refractivity contribution in [2.24, 2.45) is 5.16 Å². The van der Waals surface area contributed by atoms with Gasteiger partial charge in [0.15, 0.2) is 0 Å². The van der Waals surface area contributed by atoms with Gasteiger partial charge in [0.2, 0.25) is 0 Å². The molecule has 0 amide bonds. The van der Waals surface area contributed by atoms with E-state index in [1.165, 1.54) is 6.21 Å². The number of ether oxygens (including phenoxy) is 2. The van der Waals surface area contributed by atoms with Gasteiger partial charge in [0.1, 0.15) is 5.75 Å². The van der Waals surface area contributed by atoms with Crippen LogP contribution in [-0.4, -0.2) is 37.4 Å². The molecule has 170 valence electrons. The van der Waals surface area contributed by atoms with Gasteiger partial charge < -0.3 is 14.3 Å². The Hall–Kier alpha value is -4.20. The number of benzene rings is 3. The molecule has 8 heteroatoms. The lowest BCUT2D eigenvalue weighted by Gasteiger charge is -2.25. The minimum atomic E-state index is -2.04. The summed E-state index contributed by atoms with van der Waals surface area (Å²) in [6.45, 7) is 0.802. The quantitative estimate of drug-likeness (QED) is 0.197. The minimum Gasteiger partial charge on any atom is -0.497 e. The van der Waals surface area contributed by atoms with Crippen LogP contribution >= 0.6 is 0 Å². The van der Waals surface area contributed by atoms with E-state index < -0.39 is 23.0 Å². The van der Waals surface area contributed by atoms with Gasteiger partial charge in [-0.3, -0.25) is 10.1 Å². The Bertz CT molecular complexity index is 1100. The van der Waals surface area contributed by atoms with Crippen LogP contribution in [0.25, 0.3) is 11.1 Å². The molecule has 0 bridgehead atoms. The molecule has 0 unspecified atom stereocenters. The molecular formula is C25H24N2O6. The second-order valence-electron chi connectivity index (χ2n) is 7.08. The van der Waals surface area contributed by atoms with Crippen LogP contribution in [0.3, 0.4) is 0 Å². The molecule has 0 fully saturated rings. The largest absolute Gasteiger partial charge is 0.497 e. The van der Waals surface area contributed by atoms with Crippen LogP contribution in [0.5, 0.6) is 5.75 Å². The van der Waals surface area contributed by atoms with Crippen LogP contribution in [0.1, 0.15) is 18.1 Å². The van der Waals surface area contributed by atoms with E-state index in [1.807, 2.05) is 30.3 Å². The van der Waals surface area contributed by atoms with E-state index in [0.29, 0.717) is 11.3 Å². The fourth-order valence-electron chi connectivity index (χ4n) is 3.25. The molecule has 0 aliphatic rings. The number of hydrogen-bond donors (Lipinski definition) is 0. The van der Waals surface area contributed by atoms with Crippen molar-refractivity contribution >= 4 is 12.2 Å². The normalized spacial score (nSPS) is 12.7. The Morgan fingerprint density at radius 1 is 1.00 bits per heavy atom. The summed E-state index contributed by atoms with van der Waals surface area (Å²) >= 11 is 0. The van der Waals surface area contributed by atoms with Gasteiger partial charge in [-0.2, -0.15) is 0 Å². The second kappa shape index (κ2) is 10.9. The number of methoxy groups -OCH3 is 1. The van der Waals surface area contributed by atoms with Crippen molar-refractivity contribution in [3.63, 3.8) is 0 Å². The number of nitrogens with zero attached hydrogens (tertiary/aromatic N) is 2. The maximum absolute atomic E-state index is 12.9. The van der Waals surface area contributed by atoms with Gasteiger partial charge in [-0.25, -0.2) is 4.79 Å². The Labute approximate surface area is 191 Å². The van der Waals surface area contributed by atoms with Crippen molar-refractivity contribution in [3.8, 4) is 16.9 Å². The lowest BCUT2D eigenvalue weighted by Crippen LogP contribution is -2.45. The van der Waals surface area contributed by atoms with Gasteiger partial charge in [-0.1, -0.05) is 59.8 Å². The molecule has 0 aliphatic heterocycles. The van der Waals surface area contributed by atoms with Crippen molar-refractivity contribution < 1.29 is 24.0 Å². The smallest absolute Gasteiger partial charge is 0.365 e. The molecule has 3 aromatic carbocycles. The predicted octanol–water partition coefficient (Wildman–Crippen LogP) is 4.45. The summed E-state index contributed by atoms with van der Waals surface area (Å²) < 4.78 is 10.3. The monoisotopic (exact) mass is 448 g/mol. The Morgan fingerprint density at radius 2 is 1.64 bits per heavy atom. The highest BCUT2D eigenvalue weighted by atomic mass is 16.7. The highest BCUT2D eigenvalue weighted by Crippen LogP contribution is 2.31. The van der Waals surface area contributed by atoms with Crippen molar-refractivity contribution in [1.29, 1.82) is 0 Å². The van der Waals surface area contributed by atoms with Gasteiger partial charge in [-0.15, -0.1) is 0 Å². The maximum Gasteiger partial charge on any atom is 0.365 e. The zero-order chi connectivity index (χ0) is 23.7. The van der Waals surface area contributed by atoms with Crippen LogP contribution in [0.15, 0.2) is 84.0 Å². The van der Waals surface area contributed by atoms with Gasteiger partial charge in [0.05, 0.1) is 19.9 Å². The summed E-state index contributed by atoms with van der Waals surface area (Å²) in [6, 6.07) is 23.3. The Kier molecular flexibility index (Phi) is 7.75. The topological polar surface area (TPSA) is 100 Å². The van der Waals surface area contributed by atoms with Crippen LogP contribution in [0, 0.1) is 10.1 Å². The molecule has 3 aromatic rings. The first-order valence-electron chi connectivity index (χ1n) is 10.3. The second-order valence-corrected chi connectivity index (χ2v) is 7.08. The number of carbonyl (C=O) groups is 1. The standard InChI is InChI=1S/C25H24N2O6/c1-3-32-24(28)25(18-27(29)30,33-26-17-19-9-15-23(31-2)16-10-19)22-13-11-21(12-14-22)20-7-5-4-6-8-20/h4-17H,3,18H2,1-2H3/b26-17+/t25-/m1/s1. The van der Waals surface area contributed by atoms with Crippen molar-refractivity contribution in [2.45, 2.75) is 12.5 Å². The molecular weight excluding hydrogens is 424 g/mol. The van der Waals surface area contributed by atoms with E-state index in [2.05, 4.69) is 5.16 Å². The van der Waals surface area contributed by atoms with Crippen LogP contribution in [-0.2, 0) is 20.0 Å². The van der Waals surface area contributed by atoms with Crippen LogP contribution < -0.4 is 4.74 Å². The fraction of sp³-hybridized carbons (Fsp3) is 0.200. The molecule has 8 nitrogen and oxygen atoms in total. The molecule has 0 heterocycles. The average Bonchev–Trinajstić information content (AvgIpc) is 2.84. The molecule has 33 heavy (non-hydrogen) atoms. The lowest BCUT2D eigenvalue weighted by atomic mass is 9.92. The number of oxime groups is 1. The molecule has 3 rings (SSSR count). The van der Waals surface area contributed by atoms with Gasteiger partial charge in [-0.05, 0) is 47.9 Å². The van der Waals surface area contributed by atoms with Crippen LogP contribution in [0.4, 0.5) is 0 Å². The summed E-state index contributed by atoms with van der Waals surface area (Å²) in [5.41, 5.74) is 0.745. The predicted molar refractivity (Wildman–Crippen MR) is 124 cm³/mol. The van der Waals surface area contributed by atoms with Gasteiger partial charge >= 0.3 is 11.6 Å². The van der Waals surface area contributed by atoms with E-state index in [4.69, 9.17) is 14.3 Å². The SMILES string of the molecule is CCOC(=O)[C@](C[N+](=O)[O-])(O/N=C/c1ccc(OC)cc1)c1ccc(-c2ccccc2)cc1. The first-order chi connectivity index (χ1) is 16.0. The highest BCUT2D eigenvalue weighted by Gasteiger charge is 2.50. The molecule has 1 atom stereocenters. The average molecular weight is 448 g/mol. The molecule has 0 radical (unpaired) electrons. The van der Waals surface area contributed by atoms with Crippen molar-refractivity contribution in [1.82, 2.24) is 0 Å². The van der Waals surface area contributed by atoms with Crippen LogP contribution in [0.2, 0.25) is 0 Å². The van der Waals surface area contributed by atoms with E-state index in [-0.39, 0.29) is 12.2 Å². The van der Waals surface area contributed by atoms with Gasteiger partial charge in [0.25, 0.3) is 6.54 Å². The zero-order valence-electron chi connectivity index (χ0n) is 18.3. The highest BCUT2D eigenvalue weighted by molar-refractivity contribution is 5.83. The summed E-state index contributed by atoms with van der Waals surface area (Å²) in [5, 5.41) is 15.5. The minimum absolute atomic E-state index is 0.0337. The van der Waals surface area contributed by atoms with E-state index >= 15 is 0 Å². The van der Waals surface area contributed by atoms with E-state index in [1.54, 1.807) is 62.6 Å². The third-order valence-electron chi connectivity index (χ3n) is 4.94. The maximum atomic E-state index is 12.9. The molecule has 0 aromatic heterocycles. The van der Waals surface area contributed by atoms with E-state index in [0.717, 1.165) is 11.1 Å². The first kappa shape index (κ1) is 23.5. The van der Waals surface area contributed by atoms with E-state index in [9.17, 15) is 14.9 Å². The Morgan fingerprint density at radius 3 is 2.21 bits per heavy atom. The third kappa shape index (κ3) is 5.74. The lowest BCUT2D eigenvalue weighted by molar-refractivity contribution is -0.501.